The number of ether oxygens (including phenoxy) is 2. The molecule has 0 N–H and O–H groups in total. The lowest BCUT2D eigenvalue weighted by atomic mass is 10.1. The van der Waals surface area contributed by atoms with Crippen LogP contribution in [0.5, 0.6) is 5.75 Å². The first kappa shape index (κ1) is 17.8. The van der Waals surface area contributed by atoms with Gasteiger partial charge in [0.15, 0.2) is 0 Å². The molecule has 0 spiro atoms. The van der Waals surface area contributed by atoms with Crippen LogP contribution in [0.15, 0.2) is 48.5 Å². The molecule has 3 rings (SSSR count). The number of amides is 1. The molecule has 2 aromatic rings. The van der Waals surface area contributed by atoms with Crippen molar-refractivity contribution in [2.75, 3.05) is 20.3 Å². The topological polar surface area (TPSA) is 38.8 Å². The molecule has 2 aromatic carbocycles. The number of nitrogens with zero attached hydrogens (tertiary/aromatic N) is 1. The van der Waals surface area contributed by atoms with Gasteiger partial charge in [0.1, 0.15) is 12.4 Å². The Labute approximate surface area is 153 Å². The summed E-state index contributed by atoms with van der Waals surface area (Å²) in [6, 6.07) is 14.8. The second-order valence-corrected chi connectivity index (χ2v) is 6.69. The molecule has 1 unspecified atom stereocenters. The summed E-state index contributed by atoms with van der Waals surface area (Å²) in [5.41, 5.74) is 1.68. The number of carbonyl (C=O) groups is 1. The van der Waals surface area contributed by atoms with Gasteiger partial charge >= 0.3 is 0 Å². The molecule has 132 valence electrons. The molecule has 4 nitrogen and oxygen atoms in total. The van der Waals surface area contributed by atoms with Crippen LogP contribution in [0, 0.1) is 0 Å². The van der Waals surface area contributed by atoms with Crippen LogP contribution in [-0.2, 0) is 11.3 Å². The average molecular weight is 360 g/mol. The van der Waals surface area contributed by atoms with Crippen molar-refractivity contribution >= 4 is 17.5 Å². The fourth-order valence-corrected chi connectivity index (χ4v) is 2.94. The molecule has 0 aliphatic carbocycles. The summed E-state index contributed by atoms with van der Waals surface area (Å²) in [6.07, 6.45) is 2.33. The first-order valence-electron chi connectivity index (χ1n) is 8.46. The summed E-state index contributed by atoms with van der Waals surface area (Å²) in [4.78, 5) is 14.2. The maximum Gasteiger partial charge on any atom is 0.253 e. The summed E-state index contributed by atoms with van der Waals surface area (Å²) >= 11 is 5.89. The molecule has 0 saturated carbocycles. The molecule has 1 aliphatic rings. The third kappa shape index (κ3) is 4.97. The van der Waals surface area contributed by atoms with Crippen molar-refractivity contribution in [2.24, 2.45) is 0 Å². The van der Waals surface area contributed by atoms with Crippen LogP contribution in [-0.4, -0.2) is 37.2 Å². The Bertz CT molecular complexity index is 694. The normalized spacial score (nSPS) is 16.6. The summed E-state index contributed by atoms with van der Waals surface area (Å²) in [7, 11) is 1.79. The Morgan fingerprint density at radius 1 is 1.20 bits per heavy atom. The van der Waals surface area contributed by atoms with Gasteiger partial charge in [0.25, 0.3) is 5.91 Å². The monoisotopic (exact) mass is 359 g/mol. The van der Waals surface area contributed by atoms with Crippen LogP contribution < -0.4 is 4.74 Å². The van der Waals surface area contributed by atoms with Crippen molar-refractivity contribution in [1.29, 1.82) is 0 Å². The van der Waals surface area contributed by atoms with Crippen LogP contribution in [0.4, 0.5) is 0 Å². The van der Waals surface area contributed by atoms with Gasteiger partial charge in [-0.25, -0.2) is 0 Å². The number of benzene rings is 2. The molecule has 1 heterocycles. The molecule has 1 amide bonds. The maximum atomic E-state index is 12.5. The first-order chi connectivity index (χ1) is 12.1. The highest BCUT2D eigenvalue weighted by Gasteiger charge is 2.16. The van der Waals surface area contributed by atoms with Crippen molar-refractivity contribution in [1.82, 2.24) is 4.90 Å². The van der Waals surface area contributed by atoms with E-state index >= 15 is 0 Å². The minimum atomic E-state index is -0.0272. The van der Waals surface area contributed by atoms with E-state index in [1.807, 2.05) is 36.4 Å². The van der Waals surface area contributed by atoms with E-state index in [1.165, 1.54) is 0 Å². The van der Waals surface area contributed by atoms with Gasteiger partial charge in [-0.1, -0.05) is 23.7 Å². The second-order valence-electron chi connectivity index (χ2n) is 6.26. The van der Waals surface area contributed by atoms with Crippen LogP contribution in [0.3, 0.4) is 0 Å². The standard InChI is InChI=1S/C20H22ClNO3/c1-22(13-15-4-8-17(21)9-5-15)20(23)16-6-10-18(11-7-16)25-14-19-3-2-12-24-19/h4-11,19H,2-3,12-14H2,1H3. The predicted molar refractivity (Wildman–Crippen MR) is 98.2 cm³/mol. The number of hydrogen-bond acceptors (Lipinski definition) is 3. The van der Waals surface area contributed by atoms with Gasteiger partial charge < -0.3 is 14.4 Å². The third-order valence-electron chi connectivity index (χ3n) is 4.24. The van der Waals surface area contributed by atoms with Crippen molar-refractivity contribution in [3.63, 3.8) is 0 Å². The molecule has 1 fully saturated rings. The van der Waals surface area contributed by atoms with Crippen molar-refractivity contribution in [2.45, 2.75) is 25.5 Å². The van der Waals surface area contributed by atoms with Crippen molar-refractivity contribution < 1.29 is 14.3 Å². The molecule has 1 aliphatic heterocycles. The van der Waals surface area contributed by atoms with Crippen LogP contribution in [0.1, 0.15) is 28.8 Å². The highest BCUT2D eigenvalue weighted by atomic mass is 35.5. The number of hydrogen-bond donors (Lipinski definition) is 0. The van der Waals surface area contributed by atoms with Crippen LogP contribution >= 0.6 is 11.6 Å². The molecule has 0 bridgehead atoms. The summed E-state index contributed by atoms with van der Waals surface area (Å²) in [5.74, 6) is 0.730. The number of halogens is 1. The molecule has 25 heavy (non-hydrogen) atoms. The van der Waals surface area contributed by atoms with Gasteiger partial charge in [-0.2, -0.15) is 0 Å². The smallest absolute Gasteiger partial charge is 0.253 e. The molecule has 1 atom stereocenters. The van der Waals surface area contributed by atoms with E-state index in [9.17, 15) is 4.79 Å². The van der Waals surface area contributed by atoms with E-state index in [2.05, 4.69) is 0 Å². The zero-order chi connectivity index (χ0) is 17.6. The Hall–Kier alpha value is -2.04. The highest BCUT2D eigenvalue weighted by molar-refractivity contribution is 6.30. The lowest BCUT2D eigenvalue weighted by Crippen LogP contribution is -2.26. The lowest BCUT2D eigenvalue weighted by Gasteiger charge is -2.18. The summed E-state index contributed by atoms with van der Waals surface area (Å²) < 4.78 is 11.3. The average Bonchev–Trinajstić information content (AvgIpc) is 3.15. The van der Waals surface area contributed by atoms with Crippen LogP contribution in [0.2, 0.25) is 5.02 Å². The van der Waals surface area contributed by atoms with E-state index in [4.69, 9.17) is 21.1 Å². The van der Waals surface area contributed by atoms with Crippen molar-refractivity contribution in [3.8, 4) is 5.75 Å². The van der Waals surface area contributed by atoms with E-state index in [-0.39, 0.29) is 12.0 Å². The molecule has 0 aromatic heterocycles. The fourth-order valence-electron chi connectivity index (χ4n) is 2.81. The van der Waals surface area contributed by atoms with Crippen LogP contribution in [0.25, 0.3) is 0 Å². The third-order valence-corrected chi connectivity index (χ3v) is 4.49. The Balaban J connectivity index is 1.54. The molecule has 1 saturated heterocycles. The van der Waals surface area contributed by atoms with Gasteiger partial charge in [-0.05, 0) is 54.8 Å². The molecular formula is C20H22ClNO3. The van der Waals surface area contributed by atoms with Gasteiger partial charge in [0, 0.05) is 30.8 Å². The van der Waals surface area contributed by atoms with Gasteiger partial charge in [0.2, 0.25) is 0 Å². The summed E-state index contributed by atoms with van der Waals surface area (Å²) in [5, 5.41) is 0.691. The first-order valence-corrected chi connectivity index (χ1v) is 8.84. The Kier molecular flexibility index (Phi) is 5.95. The zero-order valence-electron chi connectivity index (χ0n) is 14.3. The summed E-state index contributed by atoms with van der Waals surface area (Å²) in [6.45, 7) is 1.92. The van der Waals surface area contributed by atoms with Gasteiger partial charge in [-0.15, -0.1) is 0 Å². The fraction of sp³-hybridized carbons (Fsp3) is 0.350. The number of carbonyl (C=O) groups excluding carboxylic acids is 1. The second kappa shape index (κ2) is 8.37. The van der Waals surface area contributed by atoms with Gasteiger partial charge in [0.05, 0.1) is 6.10 Å². The van der Waals surface area contributed by atoms with E-state index in [0.717, 1.165) is 30.8 Å². The molecule has 0 radical (unpaired) electrons. The van der Waals surface area contributed by atoms with E-state index in [1.54, 1.807) is 24.1 Å². The lowest BCUT2D eigenvalue weighted by molar-refractivity contribution is 0.0679. The molecular weight excluding hydrogens is 338 g/mol. The highest BCUT2D eigenvalue weighted by Crippen LogP contribution is 2.18. The largest absolute Gasteiger partial charge is 0.491 e. The Morgan fingerprint density at radius 2 is 1.92 bits per heavy atom. The van der Waals surface area contributed by atoms with E-state index in [0.29, 0.717) is 23.7 Å². The quantitative estimate of drug-likeness (QED) is 0.777. The van der Waals surface area contributed by atoms with E-state index < -0.39 is 0 Å². The molecule has 5 heteroatoms. The predicted octanol–water partition coefficient (Wildman–Crippen LogP) is 4.17. The maximum absolute atomic E-state index is 12.5. The van der Waals surface area contributed by atoms with Gasteiger partial charge in [-0.3, -0.25) is 4.79 Å². The SMILES string of the molecule is CN(Cc1ccc(Cl)cc1)C(=O)c1ccc(OCC2CCCO2)cc1. The Morgan fingerprint density at radius 3 is 2.56 bits per heavy atom. The zero-order valence-corrected chi connectivity index (χ0v) is 15.0. The number of rotatable bonds is 6. The minimum Gasteiger partial charge on any atom is -0.491 e. The minimum absolute atomic E-state index is 0.0272. The van der Waals surface area contributed by atoms with Crippen molar-refractivity contribution in [3.05, 3.63) is 64.7 Å².